The Morgan fingerprint density at radius 3 is 1.81 bits per heavy atom. The summed E-state index contributed by atoms with van der Waals surface area (Å²) in [6.45, 7) is 4.95. The van der Waals surface area contributed by atoms with Crippen molar-refractivity contribution in [2.45, 2.75) is 84.5 Å². The lowest BCUT2D eigenvalue weighted by molar-refractivity contribution is 0.270. The number of hydrogen-bond donors (Lipinski definition) is 1. The lowest BCUT2D eigenvalue weighted by atomic mass is 9.97. The van der Waals surface area contributed by atoms with E-state index < -0.39 is 0 Å². The van der Waals surface area contributed by atoms with Gasteiger partial charge in [0.2, 0.25) is 0 Å². The summed E-state index contributed by atoms with van der Waals surface area (Å²) in [4.78, 5) is 0. The first kappa shape index (κ1) is 16.0. The van der Waals surface area contributed by atoms with Crippen molar-refractivity contribution in [2.75, 3.05) is 6.61 Å². The van der Waals surface area contributed by atoms with Crippen molar-refractivity contribution in [3.05, 3.63) is 0 Å². The van der Waals surface area contributed by atoms with Crippen molar-refractivity contribution in [1.29, 1.82) is 0 Å². The van der Waals surface area contributed by atoms with E-state index in [4.69, 9.17) is 5.11 Å². The molecular formula is C15H32O. The highest BCUT2D eigenvalue weighted by Crippen LogP contribution is 2.16. The normalized spacial score (nSPS) is 12.9. The SMILES string of the molecule is CCCCCCCCCC[C@@H](C)CCCO. The predicted octanol–water partition coefficient (Wildman–Crippen LogP) is 4.93. The Labute approximate surface area is 103 Å². The molecule has 0 bridgehead atoms. The fourth-order valence-electron chi connectivity index (χ4n) is 2.21. The summed E-state index contributed by atoms with van der Waals surface area (Å²) >= 11 is 0. The van der Waals surface area contributed by atoms with E-state index in [1.807, 2.05) is 0 Å². The molecular weight excluding hydrogens is 196 g/mol. The summed E-state index contributed by atoms with van der Waals surface area (Å²) in [5.74, 6) is 0.812. The third-order valence-electron chi connectivity index (χ3n) is 3.41. The van der Waals surface area contributed by atoms with Crippen LogP contribution in [0.5, 0.6) is 0 Å². The summed E-state index contributed by atoms with van der Waals surface area (Å²) in [7, 11) is 0. The second-order valence-electron chi connectivity index (χ2n) is 5.23. The maximum atomic E-state index is 8.73. The standard InChI is InChI=1S/C15H32O/c1-3-4-5-6-7-8-9-10-12-15(2)13-11-14-16/h15-16H,3-14H2,1-2H3/t15-/m1/s1. The number of aliphatic hydroxyl groups is 1. The van der Waals surface area contributed by atoms with Crippen molar-refractivity contribution in [2.24, 2.45) is 5.92 Å². The molecule has 0 radical (unpaired) electrons. The van der Waals surface area contributed by atoms with Gasteiger partial charge in [-0.05, 0) is 18.8 Å². The lowest BCUT2D eigenvalue weighted by Crippen LogP contribution is -1.96. The van der Waals surface area contributed by atoms with Gasteiger partial charge in [-0.3, -0.25) is 0 Å². The number of rotatable bonds is 12. The molecule has 16 heavy (non-hydrogen) atoms. The summed E-state index contributed by atoms with van der Waals surface area (Å²) in [5, 5.41) is 8.73. The molecule has 0 aliphatic rings. The number of hydrogen-bond acceptors (Lipinski definition) is 1. The van der Waals surface area contributed by atoms with Crippen molar-refractivity contribution in [3.63, 3.8) is 0 Å². The highest BCUT2D eigenvalue weighted by atomic mass is 16.2. The molecule has 0 aromatic heterocycles. The molecule has 0 heterocycles. The zero-order valence-electron chi connectivity index (χ0n) is 11.5. The average Bonchev–Trinajstić information content (AvgIpc) is 2.30. The van der Waals surface area contributed by atoms with Gasteiger partial charge in [-0.25, -0.2) is 0 Å². The van der Waals surface area contributed by atoms with E-state index in [0.717, 1.165) is 12.3 Å². The minimum Gasteiger partial charge on any atom is -0.396 e. The fourth-order valence-corrected chi connectivity index (χ4v) is 2.21. The maximum absolute atomic E-state index is 8.73. The maximum Gasteiger partial charge on any atom is 0.0431 e. The van der Waals surface area contributed by atoms with E-state index in [2.05, 4.69) is 13.8 Å². The summed E-state index contributed by atoms with van der Waals surface area (Å²) < 4.78 is 0. The first-order chi connectivity index (χ1) is 7.81. The molecule has 0 aliphatic heterocycles. The molecule has 0 saturated carbocycles. The molecule has 0 rings (SSSR count). The zero-order valence-corrected chi connectivity index (χ0v) is 11.5. The first-order valence-electron chi connectivity index (χ1n) is 7.42. The number of aliphatic hydroxyl groups excluding tert-OH is 1. The lowest BCUT2D eigenvalue weighted by Gasteiger charge is -2.09. The molecule has 1 N–H and O–H groups in total. The van der Waals surface area contributed by atoms with Gasteiger partial charge in [0.05, 0.1) is 0 Å². The molecule has 0 aliphatic carbocycles. The Morgan fingerprint density at radius 1 is 0.750 bits per heavy atom. The van der Waals surface area contributed by atoms with Crippen LogP contribution in [0.4, 0.5) is 0 Å². The predicted molar refractivity (Wildman–Crippen MR) is 72.7 cm³/mol. The van der Waals surface area contributed by atoms with Crippen LogP contribution in [-0.4, -0.2) is 11.7 Å². The fraction of sp³-hybridized carbons (Fsp3) is 1.00. The van der Waals surface area contributed by atoms with Crippen LogP contribution in [-0.2, 0) is 0 Å². The second-order valence-corrected chi connectivity index (χ2v) is 5.23. The molecule has 1 atom stereocenters. The summed E-state index contributed by atoms with van der Waals surface area (Å²) in [6.07, 6.45) is 14.8. The molecule has 0 fully saturated rings. The van der Waals surface area contributed by atoms with Crippen molar-refractivity contribution < 1.29 is 5.11 Å². The average molecular weight is 228 g/mol. The largest absolute Gasteiger partial charge is 0.396 e. The van der Waals surface area contributed by atoms with Gasteiger partial charge in [-0.15, -0.1) is 0 Å². The molecule has 0 amide bonds. The van der Waals surface area contributed by atoms with Crippen LogP contribution in [0, 0.1) is 5.92 Å². The molecule has 0 aromatic carbocycles. The van der Waals surface area contributed by atoms with E-state index >= 15 is 0 Å². The van der Waals surface area contributed by atoms with Crippen LogP contribution >= 0.6 is 0 Å². The first-order valence-corrected chi connectivity index (χ1v) is 7.42. The van der Waals surface area contributed by atoms with Crippen LogP contribution < -0.4 is 0 Å². The summed E-state index contributed by atoms with van der Waals surface area (Å²) in [6, 6.07) is 0. The van der Waals surface area contributed by atoms with E-state index in [1.54, 1.807) is 0 Å². The molecule has 0 saturated heterocycles. The van der Waals surface area contributed by atoms with Crippen LogP contribution in [0.3, 0.4) is 0 Å². The highest BCUT2D eigenvalue weighted by Gasteiger charge is 2.01. The number of unbranched alkanes of at least 4 members (excludes halogenated alkanes) is 7. The molecule has 0 aromatic rings. The molecule has 0 spiro atoms. The van der Waals surface area contributed by atoms with Gasteiger partial charge in [-0.2, -0.15) is 0 Å². The minimum atomic E-state index is 0.363. The molecule has 1 heteroatoms. The van der Waals surface area contributed by atoms with Crippen molar-refractivity contribution >= 4 is 0 Å². The molecule has 98 valence electrons. The topological polar surface area (TPSA) is 20.2 Å². The zero-order chi connectivity index (χ0) is 12.1. The van der Waals surface area contributed by atoms with Gasteiger partial charge in [0.15, 0.2) is 0 Å². The Hall–Kier alpha value is -0.0400. The second kappa shape index (κ2) is 13.0. The Morgan fingerprint density at radius 2 is 1.25 bits per heavy atom. The van der Waals surface area contributed by atoms with Crippen LogP contribution in [0.15, 0.2) is 0 Å². The van der Waals surface area contributed by atoms with Crippen molar-refractivity contribution in [3.8, 4) is 0 Å². The van der Waals surface area contributed by atoms with Crippen LogP contribution in [0.25, 0.3) is 0 Å². The smallest absolute Gasteiger partial charge is 0.0431 e. The Kier molecular flexibility index (Phi) is 13.0. The third-order valence-corrected chi connectivity index (χ3v) is 3.41. The molecule has 1 nitrogen and oxygen atoms in total. The van der Waals surface area contributed by atoms with E-state index in [-0.39, 0.29) is 0 Å². The van der Waals surface area contributed by atoms with Gasteiger partial charge >= 0.3 is 0 Å². The molecule has 0 unspecified atom stereocenters. The van der Waals surface area contributed by atoms with Crippen molar-refractivity contribution in [1.82, 2.24) is 0 Å². The minimum absolute atomic E-state index is 0.363. The van der Waals surface area contributed by atoms with Gasteiger partial charge in [0.1, 0.15) is 0 Å². The summed E-state index contributed by atoms with van der Waals surface area (Å²) in [5.41, 5.74) is 0. The highest BCUT2D eigenvalue weighted by molar-refractivity contribution is 4.54. The van der Waals surface area contributed by atoms with Gasteiger partial charge in [0, 0.05) is 6.61 Å². The van der Waals surface area contributed by atoms with Gasteiger partial charge in [0.25, 0.3) is 0 Å². The third kappa shape index (κ3) is 12.0. The van der Waals surface area contributed by atoms with E-state index in [0.29, 0.717) is 6.61 Å². The van der Waals surface area contributed by atoms with Gasteiger partial charge < -0.3 is 5.11 Å². The van der Waals surface area contributed by atoms with Crippen LogP contribution in [0.2, 0.25) is 0 Å². The quantitative estimate of drug-likeness (QED) is 0.470. The van der Waals surface area contributed by atoms with E-state index in [1.165, 1.54) is 64.2 Å². The van der Waals surface area contributed by atoms with E-state index in [9.17, 15) is 0 Å². The Balaban J connectivity index is 3.02. The Bertz CT molecular complexity index is 123. The van der Waals surface area contributed by atoms with Gasteiger partial charge in [-0.1, -0.05) is 71.6 Å². The van der Waals surface area contributed by atoms with Crippen LogP contribution in [0.1, 0.15) is 84.5 Å². The monoisotopic (exact) mass is 228 g/mol.